The van der Waals surface area contributed by atoms with E-state index >= 15 is 0 Å². The third kappa shape index (κ3) is 11.2. The fourth-order valence-electron chi connectivity index (χ4n) is 2.53. The van der Waals surface area contributed by atoms with E-state index in [1.54, 1.807) is 0 Å². The molecule has 20 nitrogen and oxygen atoms in total. The summed E-state index contributed by atoms with van der Waals surface area (Å²) in [6.07, 6.45) is -9.30. The molecule has 44 heavy (non-hydrogen) atoms. The molecule has 1 rings (SSSR count). The van der Waals surface area contributed by atoms with Gasteiger partial charge in [0.15, 0.2) is 35.9 Å². The summed E-state index contributed by atoms with van der Waals surface area (Å²) in [5.41, 5.74) is -0.645. The Hall–Kier alpha value is -4.09. The molecule has 0 aliphatic rings. The molecule has 5 atom stereocenters. The number of benzene rings is 1. The minimum absolute atomic E-state index is 0.572. The van der Waals surface area contributed by atoms with Crippen LogP contribution in [0.2, 0.25) is 0 Å². The molecule has 0 aliphatic heterocycles. The number of hydrogen-bond acceptors (Lipinski definition) is 20. The van der Waals surface area contributed by atoms with Crippen LogP contribution in [0.1, 0.15) is 5.56 Å². The van der Waals surface area contributed by atoms with E-state index in [4.69, 9.17) is 44.5 Å². The van der Waals surface area contributed by atoms with Crippen molar-refractivity contribution >= 4 is 35.9 Å². The minimum atomic E-state index is -2.32. The third-order valence-corrected chi connectivity index (χ3v) is 4.81. The van der Waals surface area contributed by atoms with Crippen LogP contribution in [0.3, 0.4) is 0 Å². The Morgan fingerprint density at radius 2 is 1.00 bits per heavy atom. The molecule has 0 saturated heterocycles. The van der Waals surface area contributed by atoms with Crippen LogP contribution < -0.4 is 18.9 Å². The molecule has 1 aromatic carbocycles. The van der Waals surface area contributed by atoms with Gasteiger partial charge in [-0.2, -0.15) is 0 Å². The highest BCUT2D eigenvalue weighted by atomic mass is 16.6. The highest BCUT2D eigenvalue weighted by molar-refractivity contribution is 5.91. The van der Waals surface area contributed by atoms with E-state index in [9.17, 15) is 49.5 Å². The summed E-state index contributed by atoms with van der Waals surface area (Å²) >= 11 is 0. The smallest absolute Gasteiger partial charge is 0.343 e. The van der Waals surface area contributed by atoms with Crippen molar-refractivity contribution in [3.63, 3.8) is 0 Å². The first kappa shape index (κ1) is 37.9. The first-order valence-corrected chi connectivity index (χ1v) is 12.1. The largest absolute Gasteiger partial charge is 0.460 e. The van der Waals surface area contributed by atoms with Crippen LogP contribution in [0.25, 0.3) is 6.08 Å². The SMILES string of the molecule is O=C(C=Cc1cc(OC(=O)C(O)CO)c(OC(=O)C(O)CO)c(OC(=O)C(O)CO)c1OC(=O)C(O)CO)OCC(O)CO. The van der Waals surface area contributed by atoms with Gasteiger partial charge in [-0.1, -0.05) is 0 Å². The standard InChI is InChI=1S/C24H30O20/c25-4-11(30)9-40-17(35)2-1-10-3-16(41-21(36)12(31)5-26)19(43-23(38)14(33)7-28)20(44-24(39)15(34)8-29)18(10)42-22(37)13(32)6-27/h1-3,11-15,25-34H,4-9H2. The van der Waals surface area contributed by atoms with E-state index in [1.165, 1.54) is 0 Å². The Morgan fingerprint density at radius 1 is 0.591 bits per heavy atom. The molecule has 0 fully saturated rings. The van der Waals surface area contributed by atoms with E-state index < -0.39 is 129 Å². The van der Waals surface area contributed by atoms with Crippen molar-refractivity contribution in [1.82, 2.24) is 0 Å². The molecule has 0 heterocycles. The molecular formula is C24H30O20. The summed E-state index contributed by atoms with van der Waals surface area (Å²) in [6.45, 7) is -6.40. The number of carbonyl (C=O) groups is 5. The topological polar surface area (TPSA) is 334 Å². The number of carbonyl (C=O) groups excluding carboxylic acids is 5. The highest BCUT2D eigenvalue weighted by Gasteiger charge is 2.33. The summed E-state index contributed by atoms with van der Waals surface area (Å²) < 4.78 is 24.3. The van der Waals surface area contributed by atoms with Gasteiger partial charge >= 0.3 is 29.8 Å². The Kier molecular flexibility index (Phi) is 16.0. The van der Waals surface area contributed by atoms with Crippen LogP contribution >= 0.6 is 0 Å². The summed E-state index contributed by atoms with van der Waals surface area (Å²) in [6, 6.07) is 0.621. The van der Waals surface area contributed by atoms with E-state index in [0.717, 1.165) is 0 Å². The third-order valence-electron chi connectivity index (χ3n) is 4.81. The van der Waals surface area contributed by atoms with Gasteiger partial charge < -0.3 is 74.7 Å². The molecule has 246 valence electrons. The monoisotopic (exact) mass is 638 g/mol. The lowest BCUT2D eigenvalue weighted by molar-refractivity contribution is -0.150. The van der Waals surface area contributed by atoms with E-state index in [1.807, 2.05) is 0 Å². The maximum absolute atomic E-state index is 12.4. The van der Waals surface area contributed by atoms with Gasteiger partial charge in [0.25, 0.3) is 0 Å². The first-order chi connectivity index (χ1) is 20.7. The molecule has 0 radical (unpaired) electrons. The van der Waals surface area contributed by atoms with Crippen molar-refractivity contribution in [2.75, 3.05) is 39.6 Å². The Labute approximate surface area is 246 Å². The van der Waals surface area contributed by atoms with Gasteiger partial charge in [-0.3, -0.25) is 0 Å². The van der Waals surface area contributed by atoms with Crippen molar-refractivity contribution < 1.29 is 98.7 Å². The summed E-state index contributed by atoms with van der Waals surface area (Å²) in [5, 5.41) is 93.4. The first-order valence-electron chi connectivity index (χ1n) is 12.1. The maximum Gasteiger partial charge on any atom is 0.343 e. The van der Waals surface area contributed by atoms with Gasteiger partial charge in [0.05, 0.1) is 33.0 Å². The number of hydrogen-bond donors (Lipinski definition) is 10. The van der Waals surface area contributed by atoms with Crippen molar-refractivity contribution in [2.45, 2.75) is 30.5 Å². The van der Waals surface area contributed by atoms with Gasteiger partial charge in [-0.25, -0.2) is 24.0 Å². The summed E-state index contributed by atoms with van der Waals surface area (Å²) in [7, 11) is 0. The Bertz CT molecular complexity index is 1190. The summed E-state index contributed by atoms with van der Waals surface area (Å²) in [4.78, 5) is 61.6. The fraction of sp³-hybridized carbons (Fsp3) is 0.458. The second kappa shape index (κ2) is 18.5. The average Bonchev–Trinajstić information content (AvgIpc) is 3.02. The van der Waals surface area contributed by atoms with E-state index in [-0.39, 0.29) is 0 Å². The quantitative estimate of drug-likeness (QED) is 0.0430. The zero-order valence-electron chi connectivity index (χ0n) is 22.4. The molecule has 0 bridgehead atoms. The van der Waals surface area contributed by atoms with Crippen molar-refractivity contribution in [3.8, 4) is 23.0 Å². The van der Waals surface area contributed by atoms with Crippen LogP contribution in [0.15, 0.2) is 12.1 Å². The predicted octanol–water partition coefficient (Wildman–Crippen LogP) is -6.37. The van der Waals surface area contributed by atoms with Crippen LogP contribution in [0.4, 0.5) is 0 Å². The van der Waals surface area contributed by atoms with Gasteiger partial charge in [-0.15, -0.1) is 0 Å². The molecule has 0 aliphatic carbocycles. The second-order valence-electron chi connectivity index (χ2n) is 8.23. The number of aliphatic hydroxyl groups is 10. The number of aliphatic hydroxyl groups excluding tert-OH is 10. The predicted molar refractivity (Wildman–Crippen MR) is 134 cm³/mol. The molecule has 0 saturated carbocycles. The zero-order valence-corrected chi connectivity index (χ0v) is 22.4. The van der Waals surface area contributed by atoms with Crippen molar-refractivity contribution in [1.29, 1.82) is 0 Å². The molecule has 0 aromatic heterocycles. The van der Waals surface area contributed by atoms with Crippen molar-refractivity contribution in [3.05, 3.63) is 17.7 Å². The number of esters is 5. The average molecular weight is 638 g/mol. The van der Waals surface area contributed by atoms with Gasteiger partial charge in [0.1, 0.15) is 12.7 Å². The molecule has 0 spiro atoms. The molecule has 0 amide bonds. The van der Waals surface area contributed by atoms with Crippen molar-refractivity contribution in [2.24, 2.45) is 0 Å². The number of rotatable bonds is 17. The normalized spacial score (nSPS) is 14.6. The highest BCUT2D eigenvalue weighted by Crippen LogP contribution is 2.48. The van der Waals surface area contributed by atoms with Gasteiger partial charge in [0.2, 0.25) is 11.5 Å². The molecule has 20 heteroatoms. The lowest BCUT2D eigenvalue weighted by Gasteiger charge is -2.21. The molecule has 10 N–H and O–H groups in total. The molecular weight excluding hydrogens is 608 g/mol. The van der Waals surface area contributed by atoms with Crippen LogP contribution in [0.5, 0.6) is 23.0 Å². The molecule has 5 unspecified atom stereocenters. The number of ether oxygens (including phenoxy) is 5. The Balaban J connectivity index is 4.07. The van der Waals surface area contributed by atoms with Crippen LogP contribution in [-0.4, -0.2) is 151 Å². The van der Waals surface area contributed by atoms with Crippen LogP contribution in [-0.2, 0) is 28.7 Å². The second-order valence-corrected chi connectivity index (χ2v) is 8.23. The summed E-state index contributed by atoms with van der Waals surface area (Å²) in [5.74, 6) is -12.7. The van der Waals surface area contributed by atoms with Crippen LogP contribution in [0, 0.1) is 0 Å². The Morgan fingerprint density at radius 3 is 1.43 bits per heavy atom. The van der Waals surface area contributed by atoms with Gasteiger partial charge in [-0.05, 0) is 12.1 Å². The zero-order chi connectivity index (χ0) is 33.6. The fourth-order valence-corrected chi connectivity index (χ4v) is 2.53. The van der Waals surface area contributed by atoms with E-state index in [0.29, 0.717) is 18.2 Å². The molecule has 1 aromatic rings. The minimum Gasteiger partial charge on any atom is -0.460 e. The van der Waals surface area contributed by atoms with Gasteiger partial charge in [0, 0.05) is 11.6 Å². The maximum atomic E-state index is 12.4. The lowest BCUT2D eigenvalue weighted by Crippen LogP contribution is -2.33. The van der Waals surface area contributed by atoms with E-state index in [2.05, 4.69) is 4.74 Å². The lowest BCUT2D eigenvalue weighted by atomic mass is 10.1.